The zero-order chi connectivity index (χ0) is 9.84. The molecule has 0 aliphatic heterocycles. The van der Waals surface area contributed by atoms with Crippen LogP contribution in [0.3, 0.4) is 0 Å². The van der Waals surface area contributed by atoms with Gasteiger partial charge in [0.15, 0.2) is 11.5 Å². The van der Waals surface area contributed by atoms with Crippen molar-refractivity contribution in [3.8, 4) is 0 Å². The molecule has 0 fully saturated rings. The van der Waals surface area contributed by atoms with Crippen molar-refractivity contribution in [3.05, 3.63) is 23.2 Å². The van der Waals surface area contributed by atoms with Crippen LogP contribution in [-0.2, 0) is 0 Å². The summed E-state index contributed by atoms with van der Waals surface area (Å²) in [6.45, 7) is 0.798. The zero-order valence-corrected chi connectivity index (χ0v) is 7.62. The molecular formula is C9H15NO3. The summed E-state index contributed by atoms with van der Waals surface area (Å²) in [7, 11) is 1.84. The fourth-order valence-corrected chi connectivity index (χ4v) is 1.30. The smallest absolute Gasteiger partial charge is 0.163 e. The topological polar surface area (TPSA) is 72.7 Å². The van der Waals surface area contributed by atoms with E-state index >= 15 is 0 Å². The van der Waals surface area contributed by atoms with E-state index < -0.39 is 6.10 Å². The lowest BCUT2D eigenvalue weighted by molar-refractivity contribution is 0.136. The monoisotopic (exact) mass is 185 g/mol. The van der Waals surface area contributed by atoms with Crippen LogP contribution in [0.4, 0.5) is 0 Å². The summed E-state index contributed by atoms with van der Waals surface area (Å²) >= 11 is 0. The Kier molecular flexibility index (Phi) is 3.33. The first-order valence-electron chi connectivity index (χ1n) is 4.29. The Bertz CT molecular complexity index is 245. The van der Waals surface area contributed by atoms with Gasteiger partial charge in [-0.1, -0.05) is 5.57 Å². The van der Waals surface area contributed by atoms with Crippen molar-refractivity contribution in [2.75, 3.05) is 13.6 Å². The molecule has 0 spiro atoms. The average Bonchev–Trinajstić information content (AvgIpc) is 2.10. The number of nitrogens with one attached hydrogen (secondary N) is 1. The number of hydrogen-bond donors (Lipinski definition) is 4. The van der Waals surface area contributed by atoms with Crippen molar-refractivity contribution in [1.29, 1.82) is 0 Å². The molecular weight excluding hydrogens is 170 g/mol. The molecule has 0 aromatic heterocycles. The molecule has 4 N–H and O–H groups in total. The van der Waals surface area contributed by atoms with Crippen LogP contribution < -0.4 is 5.32 Å². The van der Waals surface area contributed by atoms with Crippen LogP contribution in [0.25, 0.3) is 0 Å². The minimum Gasteiger partial charge on any atom is -0.506 e. The van der Waals surface area contributed by atoms with Gasteiger partial charge in [0.1, 0.15) is 6.10 Å². The SMILES string of the molecule is CNCCC1=CC(O)=C(O)C(O)C1. The summed E-state index contributed by atoms with van der Waals surface area (Å²) in [6.07, 6.45) is 1.74. The molecule has 0 saturated carbocycles. The van der Waals surface area contributed by atoms with Gasteiger partial charge in [0, 0.05) is 6.42 Å². The third kappa shape index (κ3) is 2.47. The first-order valence-corrected chi connectivity index (χ1v) is 4.29. The third-order valence-electron chi connectivity index (χ3n) is 2.07. The zero-order valence-electron chi connectivity index (χ0n) is 7.62. The molecule has 13 heavy (non-hydrogen) atoms. The highest BCUT2D eigenvalue weighted by molar-refractivity contribution is 5.28. The standard InChI is InChI=1S/C9H15NO3/c1-10-3-2-6-4-7(11)9(13)8(12)5-6/h4,8,10-13H,2-3,5H2,1H3. The molecule has 1 aliphatic carbocycles. The predicted octanol–water partition coefficient (Wildman–Crippen LogP) is 0.614. The summed E-state index contributed by atoms with van der Waals surface area (Å²) in [6, 6.07) is 0. The van der Waals surface area contributed by atoms with E-state index in [1.807, 2.05) is 7.05 Å². The second kappa shape index (κ2) is 4.30. The molecule has 4 nitrogen and oxygen atoms in total. The van der Waals surface area contributed by atoms with Crippen LogP contribution in [0.2, 0.25) is 0 Å². The molecule has 1 unspecified atom stereocenters. The highest BCUT2D eigenvalue weighted by Gasteiger charge is 2.20. The van der Waals surface area contributed by atoms with Crippen LogP contribution in [0.15, 0.2) is 23.2 Å². The number of rotatable bonds is 3. The third-order valence-corrected chi connectivity index (χ3v) is 2.07. The van der Waals surface area contributed by atoms with Gasteiger partial charge in [-0.2, -0.15) is 0 Å². The van der Waals surface area contributed by atoms with Crippen molar-refractivity contribution in [3.63, 3.8) is 0 Å². The van der Waals surface area contributed by atoms with Gasteiger partial charge in [-0.25, -0.2) is 0 Å². The second-order valence-corrected chi connectivity index (χ2v) is 3.15. The number of hydrogen-bond acceptors (Lipinski definition) is 4. The van der Waals surface area contributed by atoms with E-state index in [0.29, 0.717) is 6.42 Å². The van der Waals surface area contributed by atoms with Crippen molar-refractivity contribution < 1.29 is 15.3 Å². The van der Waals surface area contributed by atoms with Gasteiger partial charge in [0.05, 0.1) is 0 Å². The number of aliphatic hydroxyl groups is 3. The molecule has 0 amide bonds. The van der Waals surface area contributed by atoms with Crippen LogP contribution in [0.5, 0.6) is 0 Å². The van der Waals surface area contributed by atoms with E-state index in [1.165, 1.54) is 6.08 Å². The molecule has 1 atom stereocenters. The predicted molar refractivity (Wildman–Crippen MR) is 49.5 cm³/mol. The molecule has 0 heterocycles. The van der Waals surface area contributed by atoms with Gasteiger partial charge in [0.25, 0.3) is 0 Å². The lowest BCUT2D eigenvalue weighted by Gasteiger charge is -2.18. The minimum atomic E-state index is -0.947. The fourth-order valence-electron chi connectivity index (χ4n) is 1.30. The van der Waals surface area contributed by atoms with Crippen molar-refractivity contribution in [1.82, 2.24) is 5.32 Å². The summed E-state index contributed by atoms with van der Waals surface area (Å²) in [5, 5.41) is 30.6. The number of allylic oxidation sites excluding steroid dienone is 1. The Balaban J connectivity index is 2.64. The van der Waals surface area contributed by atoms with Crippen molar-refractivity contribution in [2.45, 2.75) is 18.9 Å². The van der Waals surface area contributed by atoms with Gasteiger partial charge in [-0.05, 0) is 26.1 Å². The van der Waals surface area contributed by atoms with E-state index in [9.17, 15) is 10.2 Å². The fraction of sp³-hybridized carbons (Fsp3) is 0.556. The second-order valence-electron chi connectivity index (χ2n) is 3.15. The average molecular weight is 185 g/mol. The molecule has 0 aromatic carbocycles. The summed E-state index contributed by atoms with van der Waals surface area (Å²) in [4.78, 5) is 0. The van der Waals surface area contributed by atoms with Gasteiger partial charge in [0.2, 0.25) is 0 Å². The molecule has 1 aliphatic rings. The van der Waals surface area contributed by atoms with E-state index in [-0.39, 0.29) is 11.5 Å². The normalized spacial score (nSPS) is 23.2. The maximum atomic E-state index is 9.29. The van der Waals surface area contributed by atoms with Crippen molar-refractivity contribution >= 4 is 0 Å². The summed E-state index contributed by atoms with van der Waals surface area (Å²) in [5.41, 5.74) is 0.942. The van der Waals surface area contributed by atoms with Crippen molar-refractivity contribution in [2.24, 2.45) is 0 Å². The Labute approximate surface area is 77.2 Å². The van der Waals surface area contributed by atoms with E-state index in [2.05, 4.69) is 5.32 Å². The highest BCUT2D eigenvalue weighted by Crippen LogP contribution is 2.22. The Morgan fingerprint density at radius 3 is 2.77 bits per heavy atom. The van der Waals surface area contributed by atoms with E-state index in [0.717, 1.165) is 18.5 Å². The highest BCUT2D eigenvalue weighted by atomic mass is 16.3. The summed E-state index contributed by atoms with van der Waals surface area (Å²) < 4.78 is 0. The van der Waals surface area contributed by atoms with Gasteiger partial charge < -0.3 is 20.6 Å². The largest absolute Gasteiger partial charge is 0.506 e. The van der Waals surface area contributed by atoms with Gasteiger partial charge >= 0.3 is 0 Å². The Morgan fingerprint density at radius 2 is 2.23 bits per heavy atom. The van der Waals surface area contributed by atoms with Crippen LogP contribution in [0.1, 0.15) is 12.8 Å². The Hall–Kier alpha value is -1.00. The summed E-state index contributed by atoms with van der Waals surface area (Å²) in [5.74, 6) is -0.543. The first-order chi connectivity index (χ1) is 6.15. The minimum absolute atomic E-state index is 0.218. The molecule has 1 rings (SSSR count). The molecule has 0 bridgehead atoms. The van der Waals surface area contributed by atoms with Gasteiger partial charge in [-0.15, -0.1) is 0 Å². The first kappa shape index (κ1) is 10.1. The maximum absolute atomic E-state index is 9.29. The Morgan fingerprint density at radius 1 is 1.54 bits per heavy atom. The number of aliphatic hydroxyl groups excluding tert-OH is 3. The van der Waals surface area contributed by atoms with E-state index in [1.54, 1.807) is 0 Å². The quantitative estimate of drug-likeness (QED) is 0.520. The maximum Gasteiger partial charge on any atom is 0.163 e. The van der Waals surface area contributed by atoms with Crippen LogP contribution >= 0.6 is 0 Å². The van der Waals surface area contributed by atoms with Gasteiger partial charge in [-0.3, -0.25) is 0 Å². The molecule has 0 aromatic rings. The lowest BCUT2D eigenvalue weighted by Crippen LogP contribution is -2.19. The molecule has 0 saturated heterocycles. The molecule has 4 heteroatoms. The molecule has 0 radical (unpaired) electrons. The lowest BCUT2D eigenvalue weighted by atomic mass is 9.97. The van der Waals surface area contributed by atoms with Crippen LogP contribution in [-0.4, -0.2) is 35.0 Å². The molecule has 74 valence electrons. The van der Waals surface area contributed by atoms with Crippen LogP contribution in [0, 0.1) is 0 Å². The van der Waals surface area contributed by atoms with E-state index in [4.69, 9.17) is 5.11 Å².